The Morgan fingerprint density at radius 1 is 1.11 bits per heavy atom. The Bertz CT molecular complexity index is 833. The summed E-state index contributed by atoms with van der Waals surface area (Å²) >= 11 is 1.52. The van der Waals surface area contributed by atoms with E-state index in [0.717, 1.165) is 32.1 Å². The molecule has 4 nitrogen and oxygen atoms in total. The minimum Gasteiger partial charge on any atom is -0.448 e. The largest absolute Gasteiger partial charge is 0.448 e. The SMILES string of the molecule is C[C@@H](OC(=O)c1cc2c(s1)CCCC2)C(=O)N[C@@H]1CCCc2ccccc21. The van der Waals surface area contributed by atoms with Crippen LogP contribution in [-0.4, -0.2) is 18.0 Å². The second kappa shape index (κ2) is 7.85. The Morgan fingerprint density at radius 2 is 1.89 bits per heavy atom. The number of carbonyl (C=O) groups is 2. The van der Waals surface area contributed by atoms with Gasteiger partial charge in [-0.1, -0.05) is 24.3 Å². The zero-order chi connectivity index (χ0) is 18.8. The average Bonchev–Trinajstić information content (AvgIpc) is 3.12. The molecular weight excluding hydrogens is 358 g/mol. The third-order valence-electron chi connectivity index (χ3n) is 5.54. The van der Waals surface area contributed by atoms with Crippen molar-refractivity contribution in [3.63, 3.8) is 0 Å². The lowest BCUT2D eigenvalue weighted by Crippen LogP contribution is -2.39. The molecular formula is C22H25NO3S. The van der Waals surface area contributed by atoms with E-state index >= 15 is 0 Å². The topological polar surface area (TPSA) is 55.4 Å². The fraction of sp³-hybridized carbons (Fsp3) is 0.455. The summed E-state index contributed by atoms with van der Waals surface area (Å²) in [7, 11) is 0. The molecule has 0 unspecified atom stereocenters. The van der Waals surface area contributed by atoms with Crippen LogP contribution in [0.3, 0.4) is 0 Å². The van der Waals surface area contributed by atoms with Gasteiger partial charge in [0.2, 0.25) is 0 Å². The van der Waals surface area contributed by atoms with Crippen molar-refractivity contribution in [2.45, 2.75) is 64.0 Å². The van der Waals surface area contributed by atoms with Crippen LogP contribution in [0.2, 0.25) is 0 Å². The van der Waals surface area contributed by atoms with Crippen molar-refractivity contribution in [3.05, 3.63) is 56.8 Å². The first-order valence-corrected chi connectivity index (χ1v) is 10.6. The maximum absolute atomic E-state index is 12.6. The highest BCUT2D eigenvalue weighted by atomic mass is 32.1. The number of thiophene rings is 1. The number of ether oxygens (including phenoxy) is 1. The lowest BCUT2D eigenvalue weighted by Gasteiger charge is -2.27. The molecule has 142 valence electrons. The molecule has 1 amide bonds. The minimum absolute atomic E-state index is 0.00217. The van der Waals surface area contributed by atoms with Gasteiger partial charge in [-0.15, -0.1) is 11.3 Å². The molecule has 2 atom stereocenters. The number of benzene rings is 1. The van der Waals surface area contributed by atoms with Crippen molar-refractivity contribution < 1.29 is 14.3 Å². The third-order valence-corrected chi connectivity index (χ3v) is 6.75. The molecule has 2 aromatic rings. The number of rotatable bonds is 4. The van der Waals surface area contributed by atoms with E-state index in [-0.39, 0.29) is 17.9 Å². The molecule has 0 fully saturated rings. The van der Waals surface area contributed by atoms with Gasteiger partial charge in [0.1, 0.15) is 4.88 Å². The van der Waals surface area contributed by atoms with Crippen molar-refractivity contribution in [1.82, 2.24) is 5.32 Å². The van der Waals surface area contributed by atoms with E-state index in [2.05, 4.69) is 17.4 Å². The first-order chi connectivity index (χ1) is 13.1. The molecule has 0 spiro atoms. The number of aryl methyl sites for hydroxylation is 3. The molecule has 2 aliphatic carbocycles. The van der Waals surface area contributed by atoms with Crippen molar-refractivity contribution in [2.24, 2.45) is 0 Å². The van der Waals surface area contributed by atoms with Crippen molar-refractivity contribution >= 4 is 23.2 Å². The van der Waals surface area contributed by atoms with Crippen LogP contribution in [0.4, 0.5) is 0 Å². The lowest BCUT2D eigenvalue weighted by molar-refractivity contribution is -0.130. The summed E-state index contributed by atoms with van der Waals surface area (Å²) in [6.45, 7) is 1.65. The molecule has 5 heteroatoms. The van der Waals surface area contributed by atoms with Gasteiger partial charge in [0, 0.05) is 4.88 Å². The normalized spacial score (nSPS) is 19.5. The second-order valence-corrected chi connectivity index (χ2v) is 8.60. The van der Waals surface area contributed by atoms with Gasteiger partial charge in [-0.2, -0.15) is 0 Å². The zero-order valence-electron chi connectivity index (χ0n) is 15.6. The Balaban J connectivity index is 1.38. The lowest BCUT2D eigenvalue weighted by atomic mass is 9.87. The number of fused-ring (bicyclic) bond motifs is 2. The molecule has 1 heterocycles. The third kappa shape index (κ3) is 3.93. The summed E-state index contributed by atoms with van der Waals surface area (Å²) in [5.74, 6) is -0.618. The average molecular weight is 384 g/mol. The predicted molar refractivity (Wildman–Crippen MR) is 106 cm³/mol. The van der Waals surface area contributed by atoms with Crippen LogP contribution in [0.15, 0.2) is 30.3 Å². The first kappa shape index (κ1) is 18.2. The van der Waals surface area contributed by atoms with Crippen LogP contribution in [0, 0.1) is 0 Å². The Hall–Kier alpha value is -2.14. The van der Waals surface area contributed by atoms with Crippen LogP contribution in [-0.2, 0) is 28.8 Å². The second-order valence-electron chi connectivity index (χ2n) is 7.47. The number of amides is 1. The highest BCUT2D eigenvalue weighted by Crippen LogP contribution is 2.31. The number of hydrogen-bond acceptors (Lipinski definition) is 4. The zero-order valence-corrected chi connectivity index (χ0v) is 16.4. The van der Waals surface area contributed by atoms with Gasteiger partial charge in [-0.25, -0.2) is 4.79 Å². The molecule has 0 saturated heterocycles. The van der Waals surface area contributed by atoms with Crippen LogP contribution in [0.5, 0.6) is 0 Å². The summed E-state index contributed by atoms with van der Waals surface area (Å²) in [4.78, 5) is 27.0. The smallest absolute Gasteiger partial charge is 0.349 e. The predicted octanol–water partition coefficient (Wildman–Crippen LogP) is 4.37. The van der Waals surface area contributed by atoms with E-state index in [1.165, 1.54) is 45.7 Å². The highest BCUT2D eigenvalue weighted by molar-refractivity contribution is 7.14. The number of carbonyl (C=O) groups excluding carboxylic acids is 2. The number of hydrogen-bond donors (Lipinski definition) is 1. The van der Waals surface area contributed by atoms with Gasteiger partial charge >= 0.3 is 5.97 Å². The van der Waals surface area contributed by atoms with Gasteiger partial charge in [0.25, 0.3) is 5.91 Å². The summed E-state index contributed by atoms with van der Waals surface area (Å²) in [5, 5.41) is 3.07. The van der Waals surface area contributed by atoms with E-state index in [0.29, 0.717) is 4.88 Å². The minimum atomic E-state index is -0.800. The quantitative estimate of drug-likeness (QED) is 0.798. The maximum Gasteiger partial charge on any atom is 0.349 e. The van der Waals surface area contributed by atoms with Crippen LogP contribution >= 0.6 is 11.3 Å². The molecule has 27 heavy (non-hydrogen) atoms. The Kier molecular flexibility index (Phi) is 5.30. The Labute approximate surface area is 163 Å². The summed E-state index contributed by atoms with van der Waals surface area (Å²) < 4.78 is 5.46. The Morgan fingerprint density at radius 3 is 2.74 bits per heavy atom. The van der Waals surface area contributed by atoms with E-state index in [4.69, 9.17) is 4.74 Å². The molecule has 0 aliphatic heterocycles. The van der Waals surface area contributed by atoms with Crippen molar-refractivity contribution in [3.8, 4) is 0 Å². The first-order valence-electron chi connectivity index (χ1n) is 9.82. The van der Waals surface area contributed by atoms with Crippen LogP contribution < -0.4 is 5.32 Å². The summed E-state index contributed by atoms with van der Waals surface area (Å²) in [6, 6.07) is 10.2. The molecule has 0 saturated carbocycles. The van der Waals surface area contributed by atoms with E-state index in [9.17, 15) is 9.59 Å². The maximum atomic E-state index is 12.6. The van der Waals surface area contributed by atoms with Gasteiger partial charge in [-0.3, -0.25) is 4.79 Å². The summed E-state index contributed by atoms with van der Waals surface area (Å²) in [6.07, 6.45) is 6.67. The molecule has 0 bridgehead atoms. The van der Waals surface area contributed by atoms with Crippen LogP contribution in [0.1, 0.15) is 69.9 Å². The molecule has 1 aromatic carbocycles. The van der Waals surface area contributed by atoms with E-state index in [1.54, 1.807) is 6.92 Å². The van der Waals surface area contributed by atoms with Crippen molar-refractivity contribution in [1.29, 1.82) is 0 Å². The highest BCUT2D eigenvalue weighted by Gasteiger charge is 2.26. The monoisotopic (exact) mass is 383 g/mol. The van der Waals surface area contributed by atoms with E-state index < -0.39 is 6.10 Å². The molecule has 0 radical (unpaired) electrons. The number of nitrogens with one attached hydrogen (secondary N) is 1. The van der Waals surface area contributed by atoms with Gasteiger partial charge in [-0.05, 0) is 74.6 Å². The fourth-order valence-electron chi connectivity index (χ4n) is 4.06. The van der Waals surface area contributed by atoms with E-state index in [1.807, 2.05) is 18.2 Å². The van der Waals surface area contributed by atoms with Gasteiger partial charge < -0.3 is 10.1 Å². The molecule has 2 aliphatic rings. The number of esters is 1. The fourth-order valence-corrected chi connectivity index (χ4v) is 5.19. The van der Waals surface area contributed by atoms with Crippen LogP contribution in [0.25, 0.3) is 0 Å². The van der Waals surface area contributed by atoms with Gasteiger partial charge in [0.15, 0.2) is 6.10 Å². The molecule has 4 rings (SSSR count). The standard InChI is InChI=1S/C22H25NO3S/c1-14(26-22(25)20-13-16-8-3-5-12-19(16)27-20)21(24)23-18-11-6-9-15-7-2-4-10-17(15)18/h2,4,7,10,13-14,18H,3,5-6,8-9,11-12H2,1H3,(H,23,24)/t14-,18-/m1/s1. The summed E-state index contributed by atoms with van der Waals surface area (Å²) in [5.41, 5.74) is 3.75. The van der Waals surface area contributed by atoms with Gasteiger partial charge in [0.05, 0.1) is 6.04 Å². The molecule has 1 aromatic heterocycles. The molecule has 1 N–H and O–H groups in total. The van der Waals surface area contributed by atoms with Crippen molar-refractivity contribution in [2.75, 3.05) is 0 Å².